The Bertz CT molecular complexity index is 585. The van der Waals surface area contributed by atoms with Crippen molar-refractivity contribution in [1.82, 2.24) is 4.90 Å². The largest absolute Gasteiger partial charge is 0.322 e. The van der Waals surface area contributed by atoms with Crippen LogP contribution in [0.3, 0.4) is 0 Å². The Kier molecular flexibility index (Phi) is 3.85. The molecule has 1 aromatic heterocycles. The van der Waals surface area contributed by atoms with Gasteiger partial charge in [-0.25, -0.2) is 0 Å². The third-order valence-electron chi connectivity index (χ3n) is 5.06. The van der Waals surface area contributed by atoms with Crippen LogP contribution in [0, 0.1) is 0 Å². The lowest BCUT2D eigenvalue weighted by molar-refractivity contribution is 0.101. The maximum absolute atomic E-state index is 6.75. The average Bonchev–Trinajstić information content (AvgIpc) is 3.15. The van der Waals surface area contributed by atoms with Gasteiger partial charge in [0.2, 0.25) is 0 Å². The van der Waals surface area contributed by atoms with Crippen molar-refractivity contribution in [2.24, 2.45) is 5.73 Å². The van der Waals surface area contributed by atoms with E-state index in [1.165, 1.54) is 41.6 Å². The van der Waals surface area contributed by atoms with Crippen LogP contribution >= 0.6 is 11.3 Å². The zero-order chi connectivity index (χ0) is 14.2. The van der Waals surface area contributed by atoms with E-state index in [4.69, 9.17) is 5.73 Å². The summed E-state index contributed by atoms with van der Waals surface area (Å²) in [5, 5.41) is 3.49. The van der Waals surface area contributed by atoms with E-state index in [0.29, 0.717) is 0 Å². The molecule has 2 unspecified atom stereocenters. The van der Waals surface area contributed by atoms with Gasteiger partial charge in [0.15, 0.2) is 0 Å². The summed E-state index contributed by atoms with van der Waals surface area (Å²) >= 11 is 1.81. The molecule has 3 heteroatoms. The average molecular weight is 288 g/mol. The highest BCUT2D eigenvalue weighted by Gasteiger charge is 2.38. The van der Waals surface area contributed by atoms with Crippen molar-refractivity contribution in [3.8, 4) is 0 Å². The van der Waals surface area contributed by atoms with Gasteiger partial charge in [0.25, 0.3) is 0 Å². The fraction of sp³-hybridized carbons (Fsp3) is 0.529. The van der Waals surface area contributed by atoms with Crippen LogP contribution in [-0.2, 0) is 0 Å². The number of benzene rings is 1. The molecule has 2 aromatic rings. The van der Waals surface area contributed by atoms with E-state index >= 15 is 0 Å². The molecule has 1 fully saturated rings. The number of thiophene rings is 1. The van der Waals surface area contributed by atoms with Crippen molar-refractivity contribution in [2.75, 3.05) is 13.1 Å². The van der Waals surface area contributed by atoms with Gasteiger partial charge in [0, 0.05) is 16.3 Å². The van der Waals surface area contributed by atoms with Crippen LogP contribution in [0.25, 0.3) is 10.1 Å². The van der Waals surface area contributed by atoms with Gasteiger partial charge >= 0.3 is 0 Å². The molecular formula is C17H24N2S. The van der Waals surface area contributed by atoms with E-state index in [1.807, 2.05) is 11.3 Å². The third kappa shape index (κ3) is 2.18. The van der Waals surface area contributed by atoms with Crippen molar-refractivity contribution >= 4 is 21.4 Å². The normalized spacial score (nSPS) is 21.1. The van der Waals surface area contributed by atoms with Crippen molar-refractivity contribution in [2.45, 2.75) is 44.7 Å². The quantitative estimate of drug-likeness (QED) is 0.915. The highest BCUT2D eigenvalue weighted by molar-refractivity contribution is 7.17. The summed E-state index contributed by atoms with van der Waals surface area (Å²) in [5.41, 5.74) is 8.13. The Labute approximate surface area is 125 Å². The van der Waals surface area contributed by atoms with Crippen molar-refractivity contribution in [3.05, 3.63) is 35.2 Å². The first-order valence-electron chi connectivity index (χ1n) is 7.63. The number of nitrogens with zero attached hydrogens (tertiary/aromatic N) is 1. The van der Waals surface area contributed by atoms with Crippen LogP contribution in [0.2, 0.25) is 0 Å². The Hall–Kier alpha value is -0.900. The van der Waals surface area contributed by atoms with Gasteiger partial charge in [-0.2, -0.15) is 0 Å². The number of rotatable bonds is 4. The Morgan fingerprint density at radius 1 is 1.30 bits per heavy atom. The van der Waals surface area contributed by atoms with Crippen LogP contribution in [0.15, 0.2) is 29.6 Å². The van der Waals surface area contributed by atoms with Crippen molar-refractivity contribution < 1.29 is 0 Å². The molecule has 20 heavy (non-hydrogen) atoms. The lowest BCUT2D eigenvalue weighted by Gasteiger charge is -2.43. The summed E-state index contributed by atoms with van der Waals surface area (Å²) in [5.74, 6) is 0. The van der Waals surface area contributed by atoms with Crippen LogP contribution < -0.4 is 5.73 Å². The van der Waals surface area contributed by atoms with Crippen LogP contribution in [0.4, 0.5) is 0 Å². The molecule has 0 aliphatic carbocycles. The molecule has 2 atom stereocenters. The van der Waals surface area contributed by atoms with Crippen molar-refractivity contribution in [1.29, 1.82) is 0 Å². The second-order valence-corrected chi connectivity index (χ2v) is 6.98. The predicted molar refractivity (Wildman–Crippen MR) is 88.3 cm³/mol. The van der Waals surface area contributed by atoms with E-state index < -0.39 is 0 Å². The molecule has 0 spiro atoms. The number of likely N-dealkylation sites (tertiary alicyclic amines) is 1. The van der Waals surface area contributed by atoms with Gasteiger partial charge in [-0.3, -0.25) is 4.90 Å². The zero-order valence-electron chi connectivity index (χ0n) is 12.4. The summed E-state index contributed by atoms with van der Waals surface area (Å²) in [6.07, 6.45) is 3.72. The summed E-state index contributed by atoms with van der Waals surface area (Å²) in [6.45, 7) is 7.00. The molecule has 1 aliphatic rings. The minimum absolute atomic E-state index is 0.0643. The van der Waals surface area contributed by atoms with Gasteiger partial charge in [0.1, 0.15) is 0 Å². The topological polar surface area (TPSA) is 29.3 Å². The standard InChI is InChI=1S/C17H24N2S/c1-3-17(2,19-10-4-5-11-19)16(18)14-8-6-7-13-9-12-20-15(13)14/h6-9,12,16H,3-5,10-11,18H2,1-2H3. The SMILES string of the molecule is CCC(C)(C(N)c1cccc2ccsc12)N1CCCC1. The lowest BCUT2D eigenvalue weighted by atomic mass is 9.83. The molecule has 0 bridgehead atoms. The summed E-state index contributed by atoms with van der Waals surface area (Å²) in [4.78, 5) is 2.60. The first-order valence-corrected chi connectivity index (χ1v) is 8.51. The molecular weight excluding hydrogens is 264 g/mol. The summed E-state index contributed by atoms with van der Waals surface area (Å²) in [7, 11) is 0. The van der Waals surface area contributed by atoms with Gasteiger partial charge < -0.3 is 5.73 Å². The maximum Gasteiger partial charge on any atom is 0.0493 e. The van der Waals surface area contributed by atoms with Crippen molar-refractivity contribution in [3.63, 3.8) is 0 Å². The molecule has 2 nitrogen and oxygen atoms in total. The van der Waals surface area contributed by atoms with E-state index in [9.17, 15) is 0 Å². The fourth-order valence-corrected chi connectivity index (χ4v) is 4.42. The molecule has 0 amide bonds. The third-order valence-corrected chi connectivity index (χ3v) is 6.04. The second kappa shape index (κ2) is 5.47. The van der Waals surface area contributed by atoms with Gasteiger partial charge in [-0.1, -0.05) is 25.1 Å². The molecule has 0 saturated carbocycles. The first kappa shape index (κ1) is 14.1. The first-order chi connectivity index (χ1) is 9.66. The Morgan fingerprint density at radius 2 is 2.05 bits per heavy atom. The molecule has 1 saturated heterocycles. The molecule has 2 N–H and O–H groups in total. The Balaban J connectivity index is 2.01. The van der Waals surface area contributed by atoms with E-state index in [-0.39, 0.29) is 11.6 Å². The van der Waals surface area contributed by atoms with E-state index in [2.05, 4.69) is 48.4 Å². The number of nitrogens with two attached hydrogens (primary N) is 1. The molecule has 1 aromatic carbocycles. The Morgan fingerprint density at radius 3 is 2.75 bits per heavy atom. The molecule has 2 heterocycles. The van der Waals surface area contributed by atoms with Crippen LogP contribution in [0.1, 0.15) is 44.7 Å². The number of hydrogen-bond donors (Lipinski definition) is 1. The van der Waals surface area contributed by atoms with Crippen LogP contribution in [-0.4, -0.2) is 23.5 Å². The van der Waals surface area contributed by atoms with Gasteiger partial charge in [-0.15, -0.1) is 11.3 Å². The maximum atomic E-state index is 6.75. The van der Waals surface area contributed by atoms with Gasteiger partial charge in [-0.05, 0) is 61.7 Å². The fourth-order valence-electron chi connectivity index (χ4n) is 3.46. The zero-order valence-corrected chi connectivity index (χ0v) is 13.2. The second-order valence-electron chi connectivity index (χ2n) is 6.07. The van der Waals surface area contributed by atoms with Gasteiger partial charge in [0.05, 0.1) is 0 Å². The molecule has 3 rings (SSSR count). The summed E-state index contributed by atoms with van der Waals surface area (Å²) in [6, 6.07) is 8.81. The van der Waals surface area contributed by atoms with E-state index in [1.54, 1.807) is 0 Å². The lowest BCUT2D eigenvalue weighted by Crippen LogP contribution is -2.51. The monoisotopic (exact) mass is 288 g/mol. The molecule has 1 aliphatic heterocycles. The van der Waals surface area contributed by atoms with E-state index in [0.717, 1.165) is 6.42 Å². The summed E-state index contributed by atoms with van der Waals surface area (Å²) < 4.78 is 1.36. The minimum Gasteiger partial charge on any atom is -0.322 e. The highest BCUT2D eigenvalue weighted by Crippen LogP contribution is 2.38. The number of fused-ring (bicyclic) bond motifs is 1. The molecule has 108 valence electrons. The predicted octanol–water partition coefficient (Wildman–Crippen LogP) is 4.17. The highest BCUT2D eigenvalue weighted by atomic mass is 32.1. The number of hydrogen-bond acceptors (Lipinski definition) is 3. The minimum atomic E-state index is 0.0643. The van der Waals surface area contributed by atoms with Crippen LogP contribution in [0.5, 0.6) is 0 Å². The smallest absolute Gasteiger partial charge is 0.0493 e. The molecule has 0 radical (unpaired) electrons.